The molecule has 1 amide bonds. The zero-order valence-corrected chi connectivity index (χ0v) is 15.4. The van der Waals surface area contributed by atoms with E-state index in [2.05, 4.69) is 24.9 Å². The quantitative estimate of drug-likeness (QED) is 0.787. The van der Waals surface area contributed by atoms with Crippen molar-refractivity contribution in [1.29, 1.82) is 0 Å². The van der Waals surface area contributed by atoms with Gasteiger partial charge in [0, 0.05) is 24.9 Å². The Morgan fingerprint density at radius 3 is 2.56 bits per heavy atom. The first-order chi connectivity index (χ1) is 11.9. The Kier molecular flexibility index (Phi) is 5.19. The monoisotopic (exact) mass is 381 g/mol. The van der Waals surface area contributed by atoms with Crippen molar-refractivity contribution in [3.8, 4) is 0 Å². The lowest BCUT2D eigenvalue weighted by atomic mass is 10.4. The van der Waals surface area contributed by atoms with Crippen molar-refractivity contribution < 1.29 is 13.2 Å². The number of nitrogens with one attached hydrogen (secondary N) is 2. The van der Waals surface area contributed by atoms with Gasteiger partial charge < -0.3 is 10.2 Å². The standard InChI is InChI=1S/C15H19N5O3S2/c1-11(21)16-10-13-4-5-14(24-13)25(22,23)19-12-8-17-15(18-9-12)20-6-2-3-7-20/h4-5,8-9,19H,2-3,6-7,10H2,1H3,(H,16,21). The topological polar surface area (TPSA) is 104 Å². The van der Waals surface area contributed by atoms with Crippen LogP contribution >= 0.6 is 11.3 Å². The molecule has 3 heterocycles. The third-order valence-corrected chi connectivity index (χ3v) is 6.65. The fourth-order valence-corrected chi connectivity index (χ4v) is 4.79. The van der Waals surface area contributed by atoms with Crippen LogP contribution in [0.5, 0.6) is 0 Å². The van der Waals surface area contributed by atoms with Gasteiger partial charge in [-0.05, 0) is 25.0 Å². The highest BCUT2D eigenvalue weighted by Crippen LogP contribution is 2.24. The highest BCUT2D eigenvalue weighted by atomic mass is 32.2. The molecule has 25 heavy (non-hydrogen) atoms. The van der Waals surface area contributed by atoms with E-state index in [0.717, 1.165) is 42.1 Å². The average molecular weight is 381 g/mol. The molecule has 1 saturated heterocycles. The van der Waals surface area contributed by atoms with Crippen molar-refractivity contribution in [2.75, 3.05) is 22.7 Å². The van der Waals surface area contributed by atoms with E-state index in [0.29, 0.717) is 18.2 Å². The van der Waals surface area contributed by atoms with Crippen LogP contribution in [0.2, 0.25) is 0 Å². The summed E-state index contributed by atoms with van der Waals surface area (Å²) >= 11 is 1.11. The minimum Gasteiger partial charge on any atom is -0.351 e. The van der Waals surface area contributed by atoms with Gasteiger partial charge in [0.05, 0.1) is 24.6 Å². The van der Waals surface area contributed by atoms with Crippen molar-refractivity contribution in [2.24, 2.45) is 0 Å². The number of anilines is 2. The van der Waals surface area contributed by atoms with Gasteiger partial charge in [0.25, 0.3) is 10.0 Å². The van der Waals surface area contributed by atoms with Crippen LogP contribution < -0.4 is 14.9 Å². The van der Waals surface area contributed by atoms with Gasteiger partial charge in [-0.15, -0.1) is 11.3 Å². The molecule has 3 rings (SSSR count). The van der Waals surface area contributed by atoms with E-state index in [-0.39, 0.29) is 10.1 Å². The summed E-state index contributed by atoms with van der Waals surface area (Å²) in [7, 11) is -3.70. The molecule has 0 bridgehead atoms. The second kappa shape index (κ2) is 7.36. The van der Waals surface area contributed by atoms with Crippen molar-refractivity contribution in [2.45, 2.75) is 30.5 Å². The molecule has 0 atom stereocenters. The van der Waals surface area contributed by atoms with Crippen LogP contribution in [0.3, 0.4) is 0 Å². The van der Waals surface area contributed by atoms with Crippen LogP contribution in [0.25, 0.3) is 0 Å². The van der Waals surface area contributed by atoms with Crippen molar-refractivity contribution >= 4 is 38.9 Å². The lowest BCUT2D eigenvalue weighted by Crippen LogP contribution is -2.20. The molecule has 2 aromatic heterocycles. The summed E-state index contributed by atoms with van der Waals surface area (Å²) in [5.74, 6) is 0.459. The highest BCUT2D eigenvalue weighted by Gasteiger charge is 2.19. The maximum Gasteiger partial charge on any atom is 0.271 e. The van der Waals surface area contributed by atoms with E-state index in [1.807, 2.05) is 0 Å². The van der Waals surface area contributed by atoms with E-state index in [4.69, 9.17) is 0 Å². The normalized spacial score (nSPS) is 14.5. The van der Waals surface area contributed by atoms with Crippen LogP contribution in [-0.4, -0.2) is 37.4 Å². The number of hydrogen-bond donors (Lipinski definition) is 2. The Morgan fingerprint density at radius 1 is 1.24 bits per heavy atom. The SMILES string of the molecule is CC(=O)NCc1ccc(S(=O)(=O)Nc2cnc(N3CCCC3)nc2)s1. The molecule has 0 aromatic carbocycles. The summed E-state index contributed by atoms with van der Waals surface area (Å²) in [5.41, 5.74) is 0.319. The molecule has 0 unspecified atom stereocenters. The number of nitrogens with zero attached hydrogens (tertiary/aromatic N) is 3. The number of aromatic nitrogens is 2. The first-order valence-corrected chi connectivity index (χ1v) is 10.2. The maximum atomic E-state index is 12.4. The van der Waals surface area contributed by atoms with E-state index in [9.17, 15) is 13.2 Å². The molecule has 0 aliphatic carbocycles. The Balaban J connectivity index is 1.67. The molecule has 0 saturated carbocycles. The smallest absolute Gasteiger partial charge is 0.271 e. The molecule has 10 heteroatoms. The molecule has 8 nitrogen and oxygen atoms in total. The molecule has 1 fully saturated rings. The van der Waals surface area contributed by atoms with Crippen LogP contribution in [0.4, 0.5) is 11.6 Å². The Hall–Kier alpha value is -2.20. The fourth-order valence-electron chi connectivity index (χ4n) is 2.47. The average Bonchev–Trinajstić information content (AvgIpc) is 3.25. The summed E-state index contributed by atoms with van der Waals surface area (Å²) in [6, 6.07) is 3.20. The molecule has 134 valence electrons. The van der Waals surface area contributed by atoms with Gasteiger partial charge in [-0.3, -0.25) is 9.52 Å². The zero-order valence-electron chi connectivity index (χ0n) is 13.7. The predicted molar refractivity (Wildman–Crippen MR) is 96.1 cm³/mol. The number of carbonyl (C=O) groups excluding carboxylic acids is 1. The summed E-state index contributed by atoms with van der Waals surface area (Å²) in [6.07, 6.45) is 5.20. The fraction of sp³-hybridized carbons (Fsp3) is 0.400. The molecule has 0 radical (unpaired) electrons. The zero-order chi connectivity index (χ0) is 17.9. The minimum atomic E-state index is -3.70. The Bertz CT molecular complexity index is 842. The first-order valence-electron chi connectivity index (χ1n) is 7.87. The molecule has 1 aliphatic heterocycles. The lowest BCUT2D eigenvalue weighted by Gasteiger charge is -2.14. The molecule has 0 spiro atoms. The van der Waals surface area contributed by atoms with E-state index in [1.54, 1.807) is 6.07 Å². The Morgan fingerprint density at radius 2 is 1.92 bits per heavy atom. The van der Waals surface area contributed by atoms with Crippen molar-refractivity contribution in [3.63, 3.8) is 0 Å². The van der Waals surface area contributed by atoms with Crippen molar-refractivity contribution in [3.05, 3.63) is 29.4 Å². The largest absolute Gasteiger partial charge is 0.351 e. The van der Waals surface area contributed by atoms with E-state index in [1.165, 1.54) is 25.4 Å². The Labute approximate surface area is 150 Å². The summed E-state index contributed by atoms with van der Waals surface area (Å²) in [4.78, 5) is 22.2. The van der Waals surface area contributed by atoms with Crippen LogP contribution in [-0.2, 0) is 21.4 Å². The maximum absolute atomic E-state index is 12.4. The van der Waals surface area contributed by atoms with Gasteiger partial charge in [0.15, 0.2) is 0 Å². The van der Waals surface area contributed by atoms with Gasteiger partial charge in [-0.25, -0.2) is 18.4 Å². The number of sulfonamides is 1. The third-order valence-electron chi connectivity index (χ3n) is 3.69. The molecule has 2 N–H and O–H groups in total. The summed E-state index contributed by atoms with van der Waals surface area (Å²) in [6.45, 7) is 3.58. The number of hydrogen-bond acceptors (Lipinski definition) is 7. The first kappa shape index (κ1) is 17.6. The van der Waals surface area contributed by atoms with Crippen LogP contribution in [0.1, 0.15) is 24.6 Å². The third kappa shape index (κ3) is 4.45. The summed E-state index contributed by atoms with van der Waals surface area (Å²) in [5, 5.41) is 2.64. The van der Waals surface area contributed by atoms with Gasteiger partial charge >= 0.3 is 0 Å². The number of amides is 1. The highest BCUT2D eigenvalue weighted by molar-refractivity contribution is 7.94. The lowest BCUT2D eigenvalue weighted by molar-refractivity contribution is -0.119. The van der Waals surface area contributed by atoms with Gasteiger partial charge in [0.2, 0.25) is 11.9 Å². The molecule has 1 aliphatic rings. The predicted octanol–water partition coefficient (Wildman–Crippen LogP) is 1.58. The van der Waals surface area contributed by atoms with Crippen LogP contribution in [0.15, 0.2) is 28.7 Å². The van der Waals surface area contributed by atoms with Crippen molar-refractivity contribution in [1.82, 2.24) is 15.3 Å². The number of rotatable bonds is 6. The van der Waals surface area contributed by atoms with Gasteiger partial charge in [-0.2, -0.15) is 0 Å². The minimum absolute atomic E-state index is 0.161. The number of carbonyl (C=O) groups is 1. The van der Waals surface area contributed by atoms with Gasteiger partial charge in [-0.1, -0.05) is 0 Å². The van der Waals surface area contributed by atoms with Crippen LogP contribution in [0, 0.1) is 0 Å². The van der Waals surface area contributed by atoms with Gasteiger partial charge in [0.1, 0.15) is 4.21 Å². The van der Waals surface area contributed by atoms with E-state index < -0.39 is 10.0 Å². The molecular weight excluding hydrogens is 362 g/mol. The second-order valence-electron chi connectivity index (χ2n) is 5.70. The number of thiophene rings is 1. The molecular formula is C15H19N5O3S2. The second-order valence-corrected chi connectivity index (χ2v) is 8.78. The summed E-state index contributed by atoms with van der Waals surface area (Å²) < 4.78 is 27.5. The molecule has 2 aromatic rings. The van der Waals surface area contributed by atoms with E-state index >= 15 is 0 Å².